The number of aryl methyl sites for hydroxylation is 1. The summed E-state index contributed by atoms with van der Waals surface area (Å²) < 4.78 is 12.3. The van der Waals surface area contributed by atoms with E-state index in [0.717, 1.165) is 23.4 Å². The molecule has 28 heavy (non-hydrogen) atoms. The highest BCUT2D eigenvalue weighted by atomic mass is 16.5. The molecule has 6 heteroatoms. The summed E-state index contributed by atoms with van der Waals surface area (Å²) in [5.74, 6) is 0.472. The van der Waals surface area contributed by atoms with E-state index in [1.807, 2.05) is 38.2 Å². The SMILES string of the molecule is CC.CCOC(=O)c1cnc2ccc(NCc3cc(CC)ccc3OC)cn12. The molecule has 0 aliphatic rings. The van der Waals surface area contributed by atoms with E-state index in [2.05, 4.69) is 29.4 Å². The number of nitrogens with one attached hydrogen (secondary N) is 1. The first-order chi connectivity index (χ1) is 13.7. The standard InChI is InChI=1S/C20H23N3O3.C2H6/c1-4-14-6-8-18(25-3)15(10-14)11-21-16-7-9-19-22-12-17(23(19)13-16)20(24)26-5-2;1-2/h6-10,12-13,21H,4-5,11H2,1-3H3;1-2H3. The molecule has 0 spiro atoms. The van der Waals surface area contributed by atoms with E-state index in [9.17, 15) is 4.79 Å². The topological polar surface area (TPSA) is 64.9 Å². The summed E-state index contributed by atoms with van der Waals surface area (Å²) in [5, 5.41) is 3.39. The minimum atomic E-state index is -0.380. The molecular formula is C22H29N3O3. The van der Waals surface area contributed by atoms with E-state index in [1.54, 1.807) is 18.4 Å². The second kappa shape index (κ2) is 10.3. The number of esters is 1. The molecule has 0 saturated heterocycles. The number of hydrogen-bond donors (Lipinski definition) is 1. The van der Waals surface area contributed by atoms with Crippen molar-refractivity contribution in [1.29, 1.82) is 0 Å². The monoisotopic (exact) mass is 383 g/mol. The molecule has 6 nitrogen and oxygen atoms in total. The van der Waals surface area contributed by atoms with Gasteiger partial charge in [0, 0.05) is 18.3 Å². The van der Waals surface area contributed by atoms with Crippen LogP contribution in [-0.2, 0) is 17.7 Å². The molecule has 0 saturated carbocycles. The Balaban J connectivity index is 0.00000136. The van der Waals surface area contributed by atoms with Crippen LogP contribution >= 0.6 is 0 Å². The van der Waals surface area contributed by atoms with Gasteiger partial charge < -0.3 is 14.8 Å². The minimum Gasteiger partial charge on any atom is -0.496 e. The zero-order valence-corrected chi connectivity index (χ0v) is 17.3. The number of fused-ring (bicyclic) bond motifs is 1. The highest BCUT2D eigenvalue weighted by Gasteiger charge is 2.13. The quantitative estimate of drug-likeness (QED) is 0.598. The molecule has 0 atom stereocenters. The fourth-order valence-electron chi connectivity index (χ4n) is 2.83. The van der Waals surface area contributed by atoms with Gasteiger partial charge in [0.05, 0.1) is 25.6 Å². The Hall–Kier alpha value is -3.02. The Bertz CT molecular complexity index is 919. The smallest absolute Gasteiger partial charge is 0.356 e. The lowest BCUT2D eigenvalue weighted by molar-refractivity contribution is 0.0518. The summed E-state index contributed by atoms with van der Waals surface area (Å²) >= 11 is 0. The summed E-state index contributed by atoms with van der Waals surface area (Å²) in [5.41, 5.74) is 4.34. The molecule has 0 amide bonds. The molecule has 0 unspecified atom stereocenters. The number of carbonyl (C=O) groups is 1. The van der Waals surface area contributed by atoms with E-state index < -0.39 is 0 Å². The number of carbonyl (C=O) groups excluding carboxylic acids is 1. The van der Waals surface area contributed by atoms with Crippen LogP contribution in [0.3, 0.4) is 0 Å². The molecule has 0 aliphatic carbocycles. The molecule has 150 valence electrons. The second-order valence-electron chi connectivity index (χ2n) is 5.86. The third-order valence-electron chi connectivity index (χ3n) is 4.23. The molecule has 2 heterocycles. The molecule has 2 aromatic heterocycles. The van der Waals surface area contributed by atoms with Gasteiger partial charge in [0.2, 0.25) is 0 Å². The third kappa shape index (κ3) is 4.82. The van der Waals surface area contributed by atoms with Crippen molar-refractivity contribution >= 4 is 17.3 Å². The number of imidazole rings is 1. The van der Waals surface area contributed by atoms with Crippen molar-refractivity contribution in [3.05, 3.63) is 59.5 Å². The van der Waals surface area contributed by atoms with Crippen LogP contribution in [0.4, 0.5) is 5.69 Å². The van der Waals surface area contributed by atoms with Crippen molar-refractivity contribution in [2.75, 3.05) is 19.0 Å². The Morgan fingerprint density at radius 2 is 1.96 bits per heavy atom. The first kappa shape index (κ1) is 21.3. The number of benzene rings is 1. The van der Waals surface area contributed by atoms with E-state index in [0.29, 0.717) is 24.5 Å². The van der Waals surface area contributed by atoms with Gasteiger partial charge in [-0.15, -0.1) is 0 Å². The van der Waals surface area contributed by atoms with E-state index >= 15 is 0 Å². The summed E-state index contributed by atoms with van der Waals surface area (Å²) in [6.07, 6.45) is 4.36. The van der Waals surface area contributed by atoms with Crippen LogP contribution in [0.15, 0.2) is 42.7 Å². The number of methoxy groups -OCH3 is 1. The summed E-state index contributed by atoms with van der Waals surface area (Å²) in [6.45, 7) is 8.86. The largest absolute Gasteiger partial charge is 0.496 e. The van der Waals surface area contributed by atoms with E-state index in [1.165, 1.54) is 11.8 Å². The number of nitrogens with zero attached hydrogens (tertiary/aromatic N) is 2. The molecular weight excluding hydrogens is 354 g/mol. The van der Waals surface area contributed by atoms with Crippen LogP contribution in [0.2, 0.25) is 0 Å². The van der Waals surface area contributed by atoms with Gasteiger partial charge in [-0.1, -0.05) is 32.9 Å². The maximum Gasteiger partial charge on any atom is 0.356 e. The summed E-state index contributed by atoms with van der Waals surface area (Å²) in [4.78, 5) is 16.3. The molecule has 0 radical (unpaired) electrons. The van der Waals surface area contributed by atoms with E-state index in [-0.39, 0.29) is 5.97 Å². The van der Waals surface area contributed by atoms with Crippen LogP contribution in [0.25, 0.3) is 5.65 Å². The summed E-state index contributed by atoms with van der Waals surface area (Å²) in [6, 6.07) is 10.0. The fourth-order valence-corrected chi connectivity index (χ4v) is 2.83. The zero-order chi connectivity index (χ0) is 20.5. The molecule has 3 rings (SSSR count). The number of ether oxygens (including phenoxy) is 2. The fraction of sp³-hybridized carbons (Fsp3) is 0.364. The van der Waals surface area contributed by atoms with Gasteiger partial charge >= 0.3 is 5.97 Å². The molecule has 1 N–H and O–H groups in total. The lowest BCUT2D eigenvalue weighted by Crippen LogP contribution is -2.08. The number of anilines is 1. The van der Waals surface area contributed by atoms with Gasteiger partial charge in [-0.05, 0) is 37.1 Å². The maximum atomic E-state index is 12.0. The number of pyridine rings is 1. The van der Waals surface area contributed by atoms with Crippen LogP contribution < -0.4 is 10.1 Å². The molecule has 0 aliphatic heterocycles. The third-order valence-corrected chi connectivity index (χ3v) is 4.23. The lowest BCUT2D eigenvalue weighted by atomic mass is 10.1. The van der Waals surface area contributed by atoms with Gasteiger partial charge in [-0.25, -0.2) is 9.78 Å². The molecule has 0 bridgehead atoms. The number of hydrogen-bond acceptors (Lipinski definition) is 5. The van der Waals surface area contributed by atoms with Crippen molar-refractivity contribution in [3.8, 4) is 5.75 Å². The number of aromatic nitrogens is 2. The second-order valence-corrected chi connectivity index (χ2v) is 5.86. The van der Waals surface area contributed by atoms with Crippen molar-refractivity contribution in [2.24, 2.45) is 0 Å². The van der Waals surface area contributed by atoms with Gasteiger partial charge in [0.25, 0.3) is 0 Å². The average Bonchev–Trinajstić information content (AvgIpc) is 3.17. The Labute approximate surface area is 166 Å². The molecule has 1 aromatic carbocycles. The first-order valence-electron chi connectivity index (χ1n) is 9.70. The van der Waals surface area contributed by atoms with Gasteiger partial charge in [-0.2, -0.15) is 0 Å². The highest BCUT2D eigenvalue weighted by molar-refractivity contribution is 5.88. The maximum absolute atomic E-state index is 12.0. The normalized spacial score (nSPS) is 10.2. The molecule has 0 fully saturated rings. The number of rotatable bonds is 7. The highest BCUT2D eigenvalue weighted by Crippen LogP contribution is 2.22. The van der Waals surface area contributed by atoms with E-state index in [4.69, 9.17) is 9.47 Å². The Morgan fingerprint density at radius 1 is 1.18 bits per heavy atom. The predicted molar refractivity (Wildman–Crippen MR) is 112 cm³/mol. The first-order valence-corrected chi connectivity index (χ1v) is 9.70. The van der Waals surface area contributed by atoms with Gasteiger partial charge in [0.15, 0.2) is 5.69 Å². The van der Waals surface area contributed by atoms with Crippen LogP contribution in [0.1, 0.15) is 49.3 Å². The van der Waals surface area contributed by atoms with Crippen LogP contribution in [-0.4, -0.2) is 29.1 Å². The minimum absolute atomic E-state index is 0.331. The average molecular weight is 383 g/mol. The zero-order valence-electron chi connectivity index (χ0n) is 17.3. The lowest BCUT2D eigenvalue weighted by Gasteiger charge is -2.12. The van der Waals surface area contributed by atoms with Crippen LogP contribution in [0, 0.1) is 0 Å². The van der Waals surface area contributed by atoms with Crippen molar-refractivity contribution in [2.45, 2.75) is 40.7 Å². The predicted octanol–water partition coefficient (Wildman–Crippen LogP) is 4.72. The Kier molecular flexibility index (Phi) is 7.87. The van der Waals surface area contributed by atoms with Crippen molar-refractivity contribution < 1.29 is 14.3 Å². The van der Waals surface area contributed by atoms with Crippen molar-refractivity contribution in [1.82, 2.24) is 9.38 Å². The summed E-state index contributed by atoms with van der Waals surface area (Å²) in [7, 11) is 1.67. The van der Waals surface area contributed by atoms with Gasteiger partial charge in [-0.3, -0.25) is 4.40 Å². The van der Waals surface area contributed by atoms with Gasteiger partial charge in [0.1, 0.15) is 11.4 Å². The van der Waals surface area contributed by atoms with Crippen LogP contribution in [0.5, 0.6) is 5.75 Å². The Morgan fingerprint density at radius 3 is 2.64 bits per heavy atom. The molecule has 3 aromatic rings. The van der Waals surface area contributed by atoms with Crippen molar-refractivity contribution in [3.63, 3.8) is 0 Å².